The number of benzene rings is 2. The number of hydrogen-bond acceptors (Lipinski definition) is 3. The van der Waals surface area contributed by atoms with Crippen LogP contribution in [0, 0.1) is 0 Å². The number of ether oxygens (including phenoxy) is 1. The van der Waals surface area contributed by atoms with Gasteiger partial charge in [-0.1, -0.05) is 43.9 Å². The Morgan fingerprint density at radius 3 is 2.55 bits per heavy atom. The van der Waals surface area contributed by atoms with E-state index in [1.807, 2.05) is 24.0 Å². The van der Waals surface area contributed by atoms with Crippen molar-refractivity contribution < 1.29 is 14.3 Å². The molecule has 1 aliphatic heterocycles. The molecule has 2 aromatic rings. The van der Waals surface area contributed by atoms with Crippen molar-refractivity contribution in [3.05, 3.63) is 53.1 Å². The Labute approximate surface area is 187 Å². The van der Waals surface area contributed by atoms with Gasteiger partial charge in [0.2, 0.25) is 0 Å². The van der Waals surface area contributed by atoms with Gasteiger partial charge in [-0.3, -0.25) is 4.79 Å². The van der Waals surface area contributed by atoms with E-state index in [1.165, 1.54) is 6.42 Å². The summed E-state index contributed by atoms with van der Waals surface area (Å²) in [6, 6.07) is 12.4. The van der Waals surface area contributed by atoms with E-state index >= 15 is 0 Å². The van der Waals surface area contributed by atoms with E-state index in [4.69, 9.17) is 16.3 Å². The maximum absolute atomic E-state index is 13.1. The zero-order valence-electron chi connectivity index (χ0n) is 17.7. The van der Waals surface area contributed by atoms with Gasteiger partial charge in [0, 0.05) is 34.5 Å². The molecule has 0 spiro atoms. The van der Waals surface area contributed by atoms with Crippen molar-refractivity contribution in [3.8, 4) is 5.75 Å². The van der Waals surface area contributed by atoms with Crippen LogP contribution in [0.2, 0.25) is 5.02 Å². The molecule has 31 heavy (non-hydrogen) atoms. The molecule has 1 heterocycles. The molecule has 4 rings (SSSR count). The van der Waals surface area contributed by atoms with Crippen molar-refractivity contribution in [3.63, 3.8) is 0 Å². The van der Waals surface area contributed by atoms with Gasteiger partial charge in [0.15, 0.2) is 6.10 Å². The van der Waals surface area contributed by atoms with E-state index in [2.05, 4.69) is 10.6 Å². The second kappa shape index (κ2) is 9.60. The monoisotopic (exact) mass is 441 g/mol. The first kappa shape index (κ1) is 21.5. The zero-order chi connectivity index (χ0) is 21.8. The van der Waals surface area contributed by atoms with Crippen LogP contribution in [-0.2, 0) is 11.3 Å². The molecule has 1 fully saturated rings. The molecule has 0 bridgehead atoms. The van der Waals surface area contributed by atoms with Crippen molar-refractivity contribution in [2.24, 2.45) is 0 Å². The summed E-state index contributed by atoms with van der Waals surface area (Å²) in [6.07, 6.45) is 5.79. The van der Waals surface area contributed by atoms with Crippen molar-refractivity contribution in [2.75, 3.05) is 10.6 Å². The minimum atomic E-state index is -0.465. The smallest absolute Gasteiger partial charge is 0.323 e. The van der Waals surface area contributed by atoms with Crippen molar-refractivity contribution >= 4 is 34.9 Å². The standard InChI is InChI=1S/C24H28ClN3O3/c1-2-21-23(29)28(20-9-4-3-5-10-20)15-16-13-19(11-12-22(16)31-21)27-24(30)26-18-8-6-7-17(25)14-18/h6-8,11-14,20-21H,2-5,9-10,15H2,1H3,(H2,26,27,30)/t21-/m1/s1. The molecule has 3 amide bonds. The van der Waals surface area contributed by atoms with Crippen molar-refractivity contribution in [2.45, 2.75) is 64.1 Å². The van der Waals surface area contributed by atoms with Crippen LogP contribution in [-0.4, -0.2) is 29.0 Å². The normalized spacial score (nSPS) is 19.2. The molecular weight excluding hydrogens is 414 g/mol. The number of urea groups is 1. The maximum Gasteiger partial charge on any atom is 0.323 e. The highest BCUT2D eigenvalue weighted by Crippen LogP contribution is 2.33. The van der Waals surface area contributed by atoms with Crippen molar-refractivity contribution in [1.29, 1.82) is 0 Å². The number of fused-ring (bicyclic) bond motifs is 1. The molecule has 0 unspecified atom stereocenters. The fourth-order valence-corrected chi connectivity index (χ4v) is 4.56. The predicted molar refractivity (Wildman–Crippen MR) is 123 cm³/mol. The number of carbonyl (C=O) groups is 2. The number of rotatable bonds is 4. The largest absolute Gasteiger partial charge is 0.480 e. The molecular formula is C24H28ClN3O3. The van der Waals surface area contributed by atoms with Gasteiger partial charge in [-0.2, -0.15) is 0 Å². The third kappa shape index (κ3) is 5.13. The quantitative estimate of drug-likeness (QED) is 0.628. The van der Waals surface area contributed by atoms with Crippen LogP contribution >= 0.6 is 11.6 Å². The molecule has 7 heteroatoms. The number of hydrogen-bond donors (Lipinski definition) is 2. The summed E-state index contributed by atoms with van der Waals surface area (Å²) in [6.45, 7) is 2.48. The Kier molecular flexibility index (Phi) is 6.66. The molecule has 0 radical (unpaired) electrons. The molecule has 1 atom stereocenters. The summed E-state index contributed by atoms with van der Waals surface area (Å²) in [4.78, 5) is 27.6. The molecule has 1 saturated carbocycles. The molecule has 2 N–H and O–H groups in total. The Morgan fingerprint density at radius 2 is 1.84 bits per heavy atom. The van der Waals surface area contributed by atoms with E-state index in [1.54, 1.807) is 30.3 Å². The van der Waals surface area contributed by atoms with Crippen LogP contribution in [0.15, 0.2) is 42.5 Å². The lowest BCUT2D eigenvalue weighted by Crippen LogP contribution is -2.45. The van der Waals surface area contributed by atoms with Gasteiger partial charge in [0.25, 0.3) is 5.91 Å². The van der Waals surface area contributed by atoms with Gasteiger partial charge < -0.3 is 20.3 Å². The number of carbonyl (C=O) groups excluding carboxylic acids is 2. The number of halogens is 1. The van der Waals surface area contributed by atoms with Crippen LogP contribution < -0.4 is 15.4 Å². The van der Waals surface area contributed by atoms with Crippen LogP contribution in [0.3, 0.4) is 0 Å². The molecule has 0 aromatic heterocycles. The lowest BCUT2D eigenvalue weighted by Gasteiger charge is -2.34. The van der Waals surface area contributed by atoms with Gasteiger partial charge in [0.05, 0.1) is 0 Å². The molecule has 6 nitrogen and oxygen atoms in total. The van der Waals surface area contributed by atoms with Gasteiger partial charge in [0.1, 0.15) is 5.75 Å². The van der Waals surface area contributed by atoms with Crippen LogP contribution in [0.25, 0.3) is 0 Å². The molecule has 0 saturated heterocycles. The van der Waals surface area contributed by atoms with Crippen LogP contribution in [0.4, 0.5) is 16.2 Å². The first-order chi connectivity index (χ1) is 15.0. The fraction of sp³-hybridized carbons (Fsp3) is 0.417. The summed E-state index contributed by atoms with van der Waals surface area (Å²) in [5.74, 6) is 0.776. The summed E-state index contributed by atoms with van der Waals surface area (Å²) >= 11 is 5.98. The highest BCUT2D eigenvalue weighted by Gasteiger charge is 2.34. The van der Waals surface area contributed by atoms with E-state index < -0.39 is 6.10 Å². The second-order valence-corrected chi connectivity index (χ2v) is 8.62. The first-order valence-electron chi connectivity index (χ1n) is 11.0. The average molecular weight is 442 g/mol. The van der Waals surface area contributed by atoms with Gasteiger partial charge in [-0.25, -0.2) is 4.79 Å². The lowest BCUT2D eigenvalue weighted by atomic mass is 9.93. The first-order valence-corrected chi connectivity index (χ1v) is 11.3. The number of anilines is 2. The lowest BCUT2D eigenvalue weighted by molar-refractivity contribution is -0.141. The molecule has 2 aromatic carbocycles. The Morgan fingerprint density at radius 1 is 1.10 bits per heavy atom. The molecule has 1 aliphatic carbocycles. The van der Waals surface area contributed by atoms with Gasteiger partial charge in [-0.05, 0) is 55.7 Å². The maximum atomic E-state index is 13.1. The van der Waals surface area contributed by atoms with E-state index in [-0.39, 0.29) is 18.0 Å². The van der Waals surface area contributed by atoms with E-state index in [0.29, 0.717) is 35.1 Å². The number of nitrogens with zero attached hydrogens (tertiary/aromatic N) is 1. The third-order valence-electron chi connectivity index (χ3n) is 5.96. The fourth-order valence-electron chi connectivity index (χ4n) is 4.37. The Bertz CT molecular complexity index is 959. The van der Waals surface area contributed by atoms with Crippen LogP contribution in [0.1, 0.15) is 51.0 Å². The summed E-state index contributed by atoms with van der Waals surface area (Å²) in [7, 11) is 0. The summed E-state index contributed by atoms with van der Waals surface area (Å²) in [5, 5.41) is 6.19. The zero-order valence-corrected chi connectivity index (χ0v) is 18.5. The minimum absolute atomic E-state index is 0.0683. The van der Waals surface area contributed by atoms with Gasteiger partial charge in [-0.15, -0.1) is 0 Å². The predicted octanol–water partition coefficient (Wildman–Crippen LogP) is 5.82. The highest BCUT2D eigenvalue weighted by atomic mass is 35.5. The van der Waals surface area contributed by atoms with E-state index in [9.17, 15) is 9.59 Å². The SMILES string of the molecule is CC[C@H]1Oc2ccc(NC(=O)Nc3cccc(Cl)c3)cc2CN(C2CCCCC2)C1=O. The van der Waals surface area contributed by atoms with Crippen molar-refractivity contribution in [1.82, 2.24) is 4.90 Å². The second-order valence-electron chi connectivity index (χ2n) is 8.18. The summed E-state index contributed by atoms with van der Waals surface area (Å²) in [5.41, 5.74) is 2.17. The topological polar surface area (TPSA) is 70.7 Å². The van der Waals surface area contributed by atoms with Crippen LogP contribution in [0.5, 0.6) is 5.75 Å². The summed E-state index contributed by atoms with van der Waals surface area (Å²) < 4.78 is 6.07. The molecule has 164 valence electrons. The average Bonchev–Trinajstić information content (AvgIpc) is 2.90. The van der Waals surface area contributed by atoms with Gasteiger partial charge >= 0.3 is 6.03 Å². The minimum Gasteiger partial charge on any atom is -0.480 e. The Hall–Kier alpha value is -2.73. The third-order valence-corrected chi connectivity index (χ3v) is 6.19. The van der Waals surface area contributed by atoms with E-state index in [0.717, 1.165) is 31.2 Å². The highest BCUT2D eigenvalue weighted by molar-refractivity contribution is 6.30. The number of nitrogens with one attached hydrogen (secondary N) is 2. The molecule has 2 aliphatic rings. The Balaban J connectivity index is 1.52. The number of amides is 3.